The minimum atomic E-state index is -3.00. The summed E-state index contributed by atoms with van der Waals surface area (Å²) in [7, 11) is -1.66. The molecule has 108 valence electrons. The molecule has 1 heterocycles. The summed E-state index contributed by atoms with van der Waals surface area (Å²) in [6.07, 6.45) is -0.449. The highest BCUT2D eigenvalue weighted by Crippen LogP contribution is 2.31. The van der Waals surface area contributed by atoms with Crippen molar-refractivity contribution in [1.29, 1.82) is 0 Å². The van der Waals surface area contributed by atoms with Crippen LogP contribution < -0.4 is 9.47 Å². The Bertz CT molecular complexity index is 650. The molecule has 1 aliphatic heterocycles. The van der Waals surface area contributed by atoms with E-state index in [4.69, 9.17) is 14.6 Å². The van der Waals surface area contributed by atoms with E-state index < -0.39 is 27.7 Å². The fraction of sp³-hybridized carbons (Fsp3) is 0.333. The minimum Gasteiger partial charge on any atom is -0.493 e. The number of benzene rings is 1. The van der Waals surface area contributed by atoms with Crippen molar-refractivity contribution >= 4 is 21.6 Å². The zero-order chi connectivity index (χ0) is 14.9. The number of carboxylic acid groups (broad SMARTS) is 1. The number of aliphatic carboxylic acids is 1. The number of hydrogen-bond donors (Lipinski definition) is 1. The first-order chi connectivity index (χ1) is 9.32. The van der Waals surface area contributed by atoms with Gasteiger partial charge in [0.05, 0.1) is 18.6 Å². The predicted molar refractivity (Wildman–Crippen MR) is 68.0 cm³/mol. The standard InChI is InChI=1S/C12H12O7S/c1-18-10-4-7(11(13)12(14)15)2-3-9(10)19-8-5-20(16,17)6-8/h2-4,8H,5-6H2,1H3,(H,14,15). The average molecular weight is 300 g/mol. The van der Waals surface area contributed by atoms with E-state index in [0.29, 0.717) is 0 Å². The molecule has 0 spiro atoms. The maximum atomic E-state index is 11.3. The normalized spacial score (nSPS) is 17.1. The van der Waals surface area contributed by atoms with Gasteiger partial charge in [0, 0.05) is 5.56 Å². The van der Waals surface area contributed by atoms with Crippen LogP contribution in [-0.4, -0.2) is 50.0 Å². The van der Waals surface area contributed by atoms with Crippen LogP contribution in [0.5, 0.6) is 11.5 Å². The van der Waals surface area contributed by atoms with Crippen molar-refractivity contribution in [2.45, 2.75) is 6.10 Å². The molecule has 1 aromatic rings. The van der Waals surface area contributed by atoms with Gasteiger partial charge in [-0.3, -0.25) is 4.79 Å². The Hall–Kier alpha value is -2.09. The van der Waals surface area contributed by atoms with Gasteiger partial charge in [-0.2, -0.15) is 0 Å². The number of carbonyl (C=O) groups is 2. The first-order valence-corrected chi connectivity index (χ1v) is 7.47. The van der Waals surface area contributed by atoms with Crippen molar-refractivity contribution in [2.24, 2.45) is 0 Å². The van der Waals surface area contributed by atoms with Crippen LogP contribution in [0.1, 0.15) is 10.4 Å². The second-order valence-electron chi connectivity index (χ2n) is 4.32. The number of carboxylic acids is 1. The number of ketones is 1. The van der Waals surface area contributed by atoms with E-state index in [1.807, 2.05) is 0 Å². The molecule has 1 aliphatic rings. The third kappa shape index (κ3) is 2.90. The second kappa shape index (κ2) is 5.12. The molecule has 0 aromatic heterocycles. The Labute approximate surface area is 115 Å². The number of sulfone groups is 1. The van der Waals surface area contributed by atoms with E-state index in [1.54, 1.807) is 0 Å². The van der Waals surface area contributed by atoms with Gasteiger partial charge >= 0.3 is 5.97 Å². The summed E-state index contributed by atoms with van der Waals surface area (Å²) >= 11 is 0. The third-order valence-corrected chi connectivity index (χ3v) is 4.55. The van der Waals surface area contributed by atoms with Crippen molar-refractivity contribution in [2.75, 3.05) is 18.6 Å². The maximum absolute atomic E-state index is 11.3. The summed E-state index contributed by atoms with van der Waals surface area (Å²) in [5, 5.41) is 8.63. The minimum absolute atomic E-state index is 0.0390. The van der Waals surface area contributed by atoms with E-state index in [1.165, 1.54) is 25.3 Å². The summed E-state index contributed by atoms with van der Waals surface area (Å²) in [6.45, 7) is 0. The molecule has 0 atom stereocenters. The molecule has 2 rings (SSSR count). The van der Waals surface area contributed by atoms with Gasteiger partial charge in [-0.25, -0.2) is 13.2 Å². The fourth-order valence-corrected chi connectivity index (χ4v) is 2.97. The molecule has 1 fully saturated rings. The molecule has 0 amide bonds. The first kappa shape index (κ1) is 14.3. The Morgan fingerprint density at radius 3 is 2.40 bits per heavy atom. The van der Waals surface area contributed by atoms with Crippen molar-refractivity contribution in [3.63, 3.8) is 0 Å². The van der Waals surface area contributed by atoms with Crippen molar-refractivity contribution in [3.8, 4) is 11.5 Å². The molecule has 0 saturated carbocycles. The Kier molecular flexibility index (Phi) is 3.67. The summed E-state index contributed by atoms with van der Waals surface area (Å²) in [4.78, 5) is 21.9. The monoisotopic (exact) mass is 300 g/mol. The highest BCUT2D eigenvalue weighted by Gasteiger charge is 2.35. The van der Waals surface area contributed by atoms with Gasteiger partial charge in [-0.05, 0) is 18.2 Å². The molecule has 1 aromatic carbocycles. The lowest BCUT2D eigenvalue weighted by molar-refractivity contribution is -0.131. The number of methoxy groups -OCH3 is 1. The van der Waals surface area contributed by atoms with Gasteiger partial charge < -0.3 is 14.6 Å². The molecule has 1 saturated heterocycles. The zero-order valence-corrected chi connectivity index (χ0v) is 11.3. The van der Waals surface area contributed by atoms with E-state index in [-0.39, 0.29) is 28.6 Å². The highest BCUT2D eigenvalue weighted by atomic mass is 32.2. The lowest BCUT2D eigenvalue weighted by Crippen LogP contribution is -2.45. The molecule has 7 nitrogen and oxygen atoms in total. The molecule has 0 radical (unpaired) electrons. The number of hydrogen-bond acceptors (Lipinski definition) is 6. The van der Waals surface area contributed by atoms with Crippen LogP contribution in [0.4, 0.5) is 0 Å². The van der Waals surface area contributed by atoms with E-state index in [9.17, 15) is 18.0 Å². The zero-order valence-electron chi connectivity index (χ0n) is 10.5. The quantitative estimate of drug-likeness (QED) is 0.608. The van der Waals surface area contributed by atoms with E-state index in [2.05, 4.69) is 0 Å². The highest BCUT2D eigenvalue weighted by molar-refractivity contribution is 7.92. The van der Waals surface area contributed by atoms with E-state index >= 15 is 0 Å². The van der Waals surface area contributed by atoms with Crippen molar-refractivity contribution < 1.29 is 32.6 Å². The van der Waals surface area contributed by atoms with Crippen LogP contribution in [0.25, 0.3) is 0 Å². The molecule has 0 aliphatic carbocycles. The summed E-state index contributed by atoms with van der Waals surface area (Å²) in [5.41, 5.74) is -0.0390. The lowest BCUT2D eigenvalue weighted by atomic mass is 10.1. The maximum Gasteiger partial charge on any atom is 0.377 e. The number of Topliss-reactive ketones (excluding diaryl/α,β-unsaturated/α-hetero) is 1. The molecular formula is C12H12O7S. The summed E-state index contributed by atoms with van der Waals surface area (Å²) in [5.74, 6) is -2.29. The van der Waals surface area contributed by atoms with Gasteiger partial charge in [-0.1, -0.05) is 0 Å². The molecular weight excluding hydrogens is 288 g/mol. The van der Waals surface area contributed by atoms with Crippen molar-refractivity contribution in [1.82, 2.24) is 0 Å². The van der Waals surface area contributed by atoms with E-state index in [0.717, 1.165) is 0 Å². The van der Waals surface area contributed by atoms with Gasteiger partial charge in [0.25, 0.3) is 5.78 Å². The van der Waals surface area contributed by atoms with Crippen LogP contribution in [0.15, 0.2) is 18.2 Å². The molecule has 0 unspecified atom stereocenters. The van der Waals surface area contributed by atoms with Crippen LogP contribution in [0.3, 0.4) is 0 Å². The van der Waals surface area contributed by atoms with Gasteiger partial charge in [0.1, 0.15) is 6.10 Å². The predicted octanol–water partition coefficient (Wildman–Crippen LogP) is 0.138. The Morgan fingerprint density at radius 2 is 1.90 bits per heavy atom. The topological polar surface area (TPSA) is 107 Å². The third-order valence-electron chi connectivity index (χ3n) is 2.79. The molecule has 0 bridgehead atoms. The van der Waals surface area contributed by atoms with Gasteiger partial charge in [0.15, 0.2) is 21.3 Å². The van der Waals surface area contributed by atoms with Gasteiger partial charge in [0.2, 0.25) is 0 Å². The smallest absolute Gasteiger partial charge is 0.377 e. The van der Waals surface area contributed by atoms with Crippen molar-refractivity contribution in [3.05, 3.63) is 23.8 Å². The first-order valence-electron chi connectivity index (χ1n) is 5.65. The van der Waals surface area contributed by atoms with Crippen LogP contribution in [0, 0.1) is 0 Å². The second-order valence-corrected chi connectivity index (χ2v) is 6.47. The number of ether oxygens (including phenoxy) is 2. The Balaban J connectivity index is 2.18. The lowest BCUT2D eigenvalue weighted by Gasteiger charge is -2.27. The molecule has 1 N–H and O–H groups in total. The summed E-state index contributed by atoms with van der Waals surface area (Å²) in [6, 6.07) is 3.93. The largest absolute Gasteiger partial charge is 0.493 e. The van der Waals surface area contributed by atoms with Crippen LogP contribution >= 0.6 is 0 Å². The fourth-order valence-electron chi connectivity index (χ4n) is 1.79. The summed E-state index contributed by atoms with van der Waals surface area (Å²) < 4.78 is 32.5. The Morgan fingerprint density at radius 1 is 1.25 bits per heavy atom. The average Bonchev–Trinajstić information content (AvgIpc) is 2.36. The van der Waals surface area contributed by atoms with Gasteiger partial charge in [-0.15, -0.1) is 0 Å². The SMILES string of the molecule is COc1cc(C(=O)C(=O)O)ccc1OC1CS(=O)(=O)C1. The number of carbonyl (C=O) groups excluding carboxylic acids is 1. The molecule has 8 heteroatoms. The molecule has 20 heavy (non-hydrogen) atoms. The van der Waals surface area contributed by atoms with Crippen LogP contribution in [-0.2, 0) is 14.6 Å². The number of rotatable bonds is 5. The van der Waals surface area contributed by atoms with Crippen LogP contribution in [0.2, 0.25) is 0 Å².